The number of ether oxygens (including phenoxy) is 3. The average Bonchev–Trinajstić information content (AvgIpc) is 3.15. The third kappa shape index (κ3) is 4.06. The van der Waals surface area contributed by atoms with Gasteiger partial charge in [-0.2, -0.15) is 0 Å². The molecule has 0 saturated heterocycles. The van der Waals surface area contributed by atoms with Crippen LogP contribution in [0.15, 0.2) is 52.1 Å². The smallest absolute Gasteiger partial charge is 0.277 e. The zero-order valence-corrected chi connectivity index (χ0v) is 15.0. The zero-order valence-electron chi connectivity index (χ0n) is 14.2. The Kier molecular flexibility index (Phi) is 5.45. The van der Waals surface area contributed by atoms with Crippen LogP contribution >= 0.6 is 11.8 Å². The molecule has 0 saturated carbocycles. The van der Waals surface area contributed by atoms with E-state index in [4.69, 9.17) is 18.6 Å². The van der Waals surface area contributed by atoms with E-state index in [1.54, 1.807) is 27.4 Å². The Morgan fingerprint density at radius 2 is 1.76 bits per heavy atom. The van der Waals surface area contributed by atoms with Crippen molar-refractivity contribution in [3.8, 4) is 28.7 Å². The van der Waals surface area contributed by atoms with Crippen molar-refractivity contribution in [3.63, 3.8) is 0 Å². The van der Waals surface area contributed by atoms with Gasteiger partial charge in [0.05, 0.1) is 21.3 Å². The fraction of sp³-hybridized carbons (Fsp3) is 0.222. The van der Waals surface area contributed by atoms with Crippen LogP contribution in [0.2, 0.25) is 0 Å². The number of nitrogens with zero attached hydrogens (tertiary/aromatic N) is 2. The van der Waals surface area contributed by atoms with Gasteiger partial charge in [0.15, 0.2) is 11.5 Å². The fourth-order valence-corrected chi connectivity index (χ4v) is 2.97. The molecule has 7 heteroatoms. The standard InChI is InChI=1S/C18H18N2O4S/c1-21-14-6-4-5-12(9-14)11-25-18-20-19-17(24-18)13-7-8-15(22-2)16(10-13)23-3/h4-10H,11H2,1-3H3. The summed E-state index contributed by atoms with van der Waals surface area (Å²) in [5.41, 5.74) is 1.90. The normalized spacial score (nSPS) is 10.5. The van der Waals surface area contributed by atoms with E-state index in [0.717, 1.165) is 16.9 Å². The molecule has 25 heavy (non-hydrogen) atoms. The van der Waals surface area contributed by atoms with Crippen molar-refractivity contribution in [2.45, 2.75) is 11.0 Å². The van der Waals surface area contributed by atoms with Gasteiger partial charge in [0.1, 0.15) is 5.75 Å². The van der Waals surface area contributed by atoms with Crippen LogP contribution in [-0.2, 0) is 5.75 Å². The molecule has 130 valence electrons. The van der Waals surface area contributed by atoms with Crippen molar-refractivity contribution < 1.29 is 18.6 Å². The Labute approximate surface area is 150 Å². The Bertz CT molecular complexity index is 851. The first-order chi connectivity index (χ1) is 12.2. The lowest BCUT2D eigenvalue weighted by atomic mass is 10.2. The van der Waals surface area contributed by atoms with Gasteiger partial charge in [0, 0.05) is 11.3 Å². The van der Waals surface area contributed by atoms with Crippen LogP contribution in [0.1, 0.15) is 5.56 Å². The summed E-state index contributed by atoms with van der Waals surface area (Å²) < 4.78 is 21.5. The molecule has 0 aliphatic carbocycles. The van der Waals surface area contributed by atoms with Crippen LogP contribution in [0.4, 0.5) is 0 Å². The summed E-state index contributed by atoms with van der Waals surface area (Å²) in [5, 5.41) is 8.70. The largest absolute Gasteiger partial charge is 0.497 e. The number of rotatable bonds is 7. The fourth-order valence-electron chi connectivity index (χ4n) is 2.26. The van der Waals surface area contributed by atoms with Crippen molar-refractivity contribution in [2.24, 2.45) is 0 Å². The van der Waals surface area contributed by atoms with E-state index in [1.807, 2.05) is 36.4 Å². The summed E-state index contributed by atoms with van der Waals surface area (Å²) in [6.45, 7) is 0. The van der Waals surface area contributed by atoms with Gasteiger partial charge in [-0.25, -0.2) is 0 Å². The molecule has 0 aliphatic rings. The molecule has 0 amide bonds. The van der Waals surface area contributed by atoms with Gasteiger partial charge in [-0.15, -0.1) is 10.2 Å². The number of aromatic nitrogens is 2. The first kappa shape index (κ1) is 17.2. The highest BCUT2D eigenvalue weighted by Crippen LogP contribution is 2.33. The van der Waals surface area contributed by atoms with Gasteiger partial charge in [-0.3, -0.25) is 0 Å². The van der Waals surface area contributed by atoms with E-state index in [1.165, 1.54) is 11.8 Å². The van der Waals surface area contributed by atoms with Gasteiger partial charge in [-0.1, -0.05) is 23.9 Å². The second kappa shape index (κ2) is 7.94. The van der Waals surface area contributed by atoms with Gasteiger partial charge in [0.25, 0.3) is 5.22 Å². The molecule has 0 N–H and O–H groups in total. The van der Waals surface area contributed by atoms with E-state index in [2.05, 4.69) is 10.2 Å². The lowest BCUT2D eigenvalue weighted by Gasteiger charge is -2.07. The molecule has 0 radical (unpaired) electrons. The molecule has 6 nitrogen and oxygen atoms in total. The number of hydrogen-bond acceptors (Lipinski definition) is 7. The minimum Gasteiger partial charge on any atom is -0.497 e. The summed E-state index contributed by atoms with van der Waals surface area (Å²) in [7, 11) is 4.84. The first-order valence-corrected chi connectivity index (χ1v) is 8.53. The minimum atomic E-state index is 0.439. The molecule has 3 rings (SSSR count). The maximum Gasteiger partial charge on any atom is 0.277 e. The Morgan fingerprint density at radius 3 is 2.52 bits per heavy atom. The number of methoxy groups -OCH3 is 3. The quantitative estimate of drug-likeness (QED) is 0.590. The Hall–Kier alpha value is -2.67. The van der Waals surface area contributed by atoms with Crippen molar-refractivity contribution in [1.82, 2.24) is 10.2 Å². The Balaban J connectivity index is 1.72. The van der Waals surface area contributed by atoms with Gasteiger partial charge in [-0.05, 0) is 35.9 Å². The lowest BCUT2D eigenvalue weighted by molar-refractivity contribution is 0.355. The third-order valence-electron chi connectivity index (χ3n) is 3.53. The highest BCUT2D eigenvalue weighted by molar-refractivity contribution is 7.98. The topological polar surface area (TPSA) is 66.6 Å². The van der Waals surface area contributed by atoms with Crippen LogP contribution < -0.4 is 14.2 Å². The summed E-state index contributed by atoms with van der Waals surface area (Å²) in [6.07, 6.45) is 0. The van der Waals surface area contributed by atoms with E-state index >= 15 is 0 Å². The minimum absolute atomic E-state index is 0.439. The zero-order chi connectivity index (χ0) is 17.6. The van der Waals surface area contributed by atoms with Crippen molar-refractivity contribution in [2.75, 3.05) is 21.3 Å². The number of benzene rings is 2. The second-order valence-electron chi connectivity index (χ2n) is 5.08. The van der Waals surface area contributed by atoms with Crippen LogP contribution in [0.5, 0.6) is 17.2 Å². The second-order valence-corrected chi connectivity index (χ2v) is 6.01. The van der Waals surface area contributed by atoms with E-state index in [0.29, 0.717) is 28.4 Å². The van der Waals surface area contributed by atoms with Gasteiger partial charge >= 0.3 is 0 Å². The average molecular weight is 358 g/mol. The van der Waals surface area contributed by atoms with Crippen molar-refractivity contribution in [1.29, 1.82) is 0 Å². The van der Waals surface area contributed by atoms with Crippen LogP contribution in [0.25, 0.3) is 11.5 Å². The maximum atomic E-state index is 5.73. The number of hydrogen-bond donors (Lipinski definition) is 0. The summed E-state index contributed by atoms with van der Waals surface area (Å²) >= 11 is 1.47. The molecule has 1 heterocycles. The molecular weight excluding hydrogens is 340 g/mol. The highest BCUT2D eigenvalue weighted by atomic mass is 32.2. The van der Waals surface area contributed by atoms with E-state index < -0.39 is 0 Å². The van der Waals surface area contributed by atoms with Crippen LogP contribution in [-0.4, -0.2) is 31.5 Å². The first-order valence-electron chi connectivity index (χ1n) is 7.55. The predicted octanol–water partition coefficient (Wildman–Crippen LogP) is 4.05. The lowest BCUT2D eigenvalue weighted by Crippen LogP contribution is -1.90. The third-order valence-corrected chi connectivity index (χ3v) is 4.42. The highest BCUT2D eigenvalue weighted by Gasteiger charge is 2.12. The molecule has 0 bridgehead atoms. The molecule has 1 aromatic heterocycles. The van der Waals surface area contributed by atoms with Crippen LogP contribution in [0, 0.1) is 0 Å². The predicted molar refractivity (Wildman–Crippen MR) is 95.4 cm³/mol. The summed E-state index contributed by atoms with van der Waals surface area (Å²) in [6, 6.07) is 13.4. The molecule has 0 aliphatic heterocycles. The molecule has 0 spiro atoms. The van der Waals surface area contributed by atoms with E-state index in [-0.39, 0.29) is 0 Å². The van der Waals surface area contributed by atoms with E-state index in [9.17, 15) is 0 Å². The Morgan fingerprint density at radius 1 is 0.920 bits per heavy atom. The van der Waals surface area contributed by atoms with Gasteiger partial charge in [0.2, 0.25) is 5.89 Å². The molecule has 0 atom stereocenters. The SMILES string of the molecule is COc1cccc(CSc2nnc(-c3ccc(OC)c(OC)c3)o2)c1. The van der Waals surface area contributed by atoms with Gasteiger partial charge < -0.3 is 18.6 Å². The molecule has 3 aromatic rings. The maximum absolute atomic E-state index is 5.73. The molecule has 0 unspecified atom stereocenters. The number of thioether (sulfide) groups is 1. The molecule has 0 fully saturated rings. The van der Waals surface area contributed by atoms with Crippen molar-refractivity contribution in [3.05, 3.63) is 48.0 Å². The molecular formula is C18H18N2O4S. The monoisotopic (exact) mass is 358 g/mol. The van der Waals surface area contributed by atoms with Crippen LogP contribution in [0.3, 0.4) is 0 Å². The molecule has 2 aromatic carbocycles. The van der Waals surface area contributed by atoms with Crippen molar-refractivity contribution >= 4 is 11.8 Å². The summed E-state index contributed by atoms with van der Waals surface area (Å²) in [5.74, 6) is 3.25. The summed E-state index contributed by atoms with van der Waals surface area (Å²) in [4.78, 5) is 0.